The molecule has 0 aliphatic heterocycles. The number of carbonyl (C=O) groups is 2. The van der Waals surface area contributed by atoms with Crippen LogP contribution in [0.15, 0.2) is 30.3 Å². The highest BCUT2D eigenvalue weighted by Crippen LogP contribution is 2.63. The van der Waals surface area contributed by atoms with E-state index in [1.54, 1.807) is 0 Å². The van der Waals surface area contributed by atoms with Crippen LogP contribution in [-0.4, -0.2) is 54.6 Å². The number of pyridine rings is 1. The molecule has 6 unspecified atom stereocenters. The zero-order chi connectivity index (χ0) is 25.7. The van der Waals surface area contributed by atoms with Crippen LogP contribution in [0.4, 0.5) is 0 Å². The third kappa shape index (κ3) is 4.25. The minimum atomic E-state index is -0.459. The first kappa shape index (κ1) is 25.0. The van der Waals surface area contributed by atoms with Gasteiger partial charge >= 0.3 is 0 Å². The van der Waals surface area contributed by atoms with Crippen LogP contribution in [0.2, 0.25) is 0 Å². The van der Waals surface area contributed by atoms with Gasteiger partial charge < -0.3 is 20.7 Å². The smallest absolute Gasteiger partial charge is 0.223 e. The van der Waals surface area contributed by atoms with E-state index in [0.29, 0.717) is 24.8 Å². The topological polar surface area (TPSA) is 108 Å². The Morgan fingerprint density at radius 3 is 2.61 bits per heavy atom. The van der Waals surface area contributed by atoms with Crippen molar-refractivity contribution in [1.29, 1.82) is 0 Å². The molecule has 6 rings (SSSR count). The number of carbonyl (C=O) groups excluding carboxylic acids is 2. The van der Waals surface area contributed by atoms with Gasteiger partial charge in [0.05, 0.1) is 25.6 Å². The Balaban J connectivity index is 1.34. The van der Waals surface area contributed by atoms with E-state index in [-0.39, 0.29) is 35.6 Å². The van der Waals surface area contributed by atoms with Gasteiger partial charge in [-0.15, -0.1) is 0 Å². The fourth-order valence-corrected chi connectivity index (χ4v) is 8.13. The third-order valence-corrected chi connectivity index (χ3v) is 9.54. The zero-order valence-corrected chi connectivity index (χ0v) is 21.9. The Morgan fingerprint density at radius 1 is 1.14 bits per heavy atom. The second-order valence-corrected chi connectivity index (χ2v) is 12.2. The number of hydrogen-bond acceptors (Lipinski definition) is 4. The van der Waals surface area contributed by atoms with E-state index in [4.69, 9.17) is 21.2 Å². The number of hydrogen-bond donors (Lipinski definition) is 2. The first-order valence-corrected chi connectivity index (χ1v) is 13.6. The molecule has 2 aromatic rings. The summed E-state index contributed by atoms with van der Waals surface area (Å²) >= 11 is 0. The van der Waals surface area contributed by atoms with Crippen LogP contribution in [0.5, 0.6) is 5.88 Å². The average Bonchev–Trinajstić information content (AvgIpc) is 2.81. The maximum absolute atomic E-state index is 12.5. The van der Waals surface area contributed by atoms with Crippen LogP contribution >= 0.6 is 0 Å². The number of fused-ring (bicyclic) bond motifs is 1. The molecule has 0 spiro atoms. The van der Waals surface area contributed by atoms with Crippen LogP contribution in [0.25, 0.3) is 10.8 Å². The number of aryl methyl sites for hydroxylation is 1. The highest BCUT2D eigenvalue weighted by Gasteiger charge is 2.66. The van der Waals surface area contributed by atoms with E-state index in [1.165, 1.54) is 0 Å². The number of unbranched alkanes of at least 4 members (excludes halogenated alkanes) is 1. The van der Waals surface area contributed by atoms with Crippen LogP contribution in [-0.2, 0) is 16.0 Å². The van der Waals surface area contributed by atoms with Gasteiger partial charge in [0.2, 0.25) is 17.7 Å². The van der Waals surface area contributed by atoms with Gasteiger partial charge in [0, 0.05) is 28.8 Å². The number of likely N-dealkylation sites (N-methyl/N-ethyl adjacent to an activating group) is 1. The molecule has 6 atom stereocenters. The Kier molecular flexibility index (Phi) is 6.48. The highest BCUT2D eigenvalue weighted by molar-refractivity contribution is 5.87. The van der Waals surface area contributed by atoms with Gasteiger partial charge in [-0.25, -0.2) is 4.98 Å². The fraction of sp³-hybridized carbons (Fsp3) is 0.621. The van der Waals surface area contributed by atoms with Crippen molar-refractivity contribution in [3.05, 3.63) is 36.0 Å². The zero-order valence-electron chi connectivity index (χ0n) is 21.9. The van der Waals surface area contributed by atoms with Crippen molar-refractivity contribution in [1.82, 2.24) is 4.98 Å². The third-order valence-electron chi connectivity index (χ3n) is 9.54. The number of quaternary nitrogens is 1. The van der Waals surface area contributed by atoms with Crippen molar-refractivity contribution in [2.75, 3.05) is 27.2 Å². The molecule has 7 heteroatoms. The van der Waals surface area contributed by atoms with E-state index in [9.17, 15) is 9.59 Å². The van der Waals surface area contributed by atoms with Gasteiger partial charge in [0.25, 0.3) is 0 Å². The summed E-state index contributed by atoms with van der Waals surface area (Å²) in [6.07, 6.45) is 6.37. The number of amides is 2. The van der Waals surface area contributed by atoms with Crippen molar-refractivity contribution in [2.24, 2.45) is 40.6 Å². The van der Waals surface area contributed by atoms with Gasteiger partial charge in [-0.2, -0.15) is 0 Å². The van der Waals surface area contributed by atoms with E-state index in [1.807, 2.05) is 6.07 Å². The molecule has 4 N–H and O–H groups in total. The number of nitrogens with two attached hydrogens (primary N) is 2. The Hall–Kier alpha value is -2.67. The molecule has 1 aromatic carbocycles. The maximum Gasteiger partial charge on any atom is 0.223 e. The van der Waals surface area contributed by atoms with Gasteiger partial charge in [0.1, 0.15) is 13.2 Å². The summed E-state index contributed by atoms with van der Waals surface area (Å²) in [5, 5.41) is 2.19. The van der Waals surface area contributed by atoms with Crippen LogP contribution < -0.4 is 16.2 Å². The highest BCUT2D eigenvalue weighted by atomic mass is 16.5. The molecule has 4 saturated carbocycles. The summed E-state index contributed by atoms with van der Waals surface area (Å²) in [6.45, 7) is 3.51. The van der Waals surface area contributed by atoms with E-state index in [0.717, 1.165) is 66.0 Å². The van der Waals surface area contributed by atoms with Gasteiger partial charge in [0.15, 0.2) is 0 Å². The van der Waals surface area contributed by atoms with Crippen LogP contribution in [0.3, 0.4) is 0 Å². The second kappa shape index (κ2) is 9.33. The quantitative estimate of drug-likeness (QED) is 0.494. The molecule has 0 saturated heterocycles. The van der Waals surface area contributed by atoms with Crippen molar-refractivity contribution in [2.45, 2.75) is 57.9 Å². The summed E-state index contributed by atoms with van der Waals surface area (Å²) in [5.74, 6) is 0.762. The number of primary amides is 2. The molecule has 4 fully saturated rings. The first-order chi connectivity index (χ1) is 17.1. The SMILES string of the molecule is CCCCc1cc2ccccc2c(OCC[N+](C)(C)C2C3CC4CC(C(N)=O)(C3)CC2C4C(N)=O)n1. The lowest BCUT2D eigenvalue weighted by Gasteiger charge is -2.63. The molecule has 4 aliphatic carbocycles. The lowest BCUT2D eigenvalue weighted by Crippen LogP contribution is -2.70. The largest absolute Gasteiger partial charge is 0.471 e. The van der Waals surface area contributed by atoms with Gasteiger partial charge in [-0.05, 0) is 62.0 Å². The van der Waals surface area contributed by atoms with E-state index >= 15 is 0 Å². The summed E-state index contributed by atoms with van der Waals surface area (Å²) < 4.78 is 7.09. The number of ether oxygens (including phenoxy) is 1. The first-order valence-electron chi connectivity index (χ1n) is 13.6. The minimum absolute atomic E-state index is 0.0903. The molecule has 1 aromatic heterocycles. The number of benzene rings is 1. The lowest BCUT2D eigenvalue weighted by molar-refractivity contribution is -0.926. The number of nitrogens with zero attached hydrogens (tertiary/aromatic N) is 2. The Morgan fingerprint density at radius 2 is 1.89 bits per heavy atom. The van der Waals surface area contributed by atoms with Gasteiger partial charge in [-0.3, -0.25) is 9.59 Å². The van der Waals surface area contributed by atoms with Crippen LogP contribution in [0, 0.1) is 29.1 Å². The molecule has 36 heavy (non-hydrogen) atoms. The monoisotopic (exact) mass is 493 g/mol. The summed E-state index contributed by atoms with van der Waals surface area (Å²) in [5.41, 5.74) is 12.4. The average molecular weight is 494 g/mol. The summed E-state index contributed by atoms with van der Waals surface area (Å²) in [7, 11) is 4.46. The Labute approximate surface area is 214 Å². The van der Waals surface area contributed by atoms with Gasteiger partial charge in [-0.1, -0.05) is 31.5 Å². The minimum Gasteiger partial charge on any atom is -0.471 e. The predicted octanol–water partition coefficient (Wildman–Crippen LogP) is 3.42. The molecular formula is C29H41N4O3+. The fourth-order valence-electron chi connectivity index (χ4n) is 8.13. The lowest BCUT2D eigenvalue weighted by atomic mass is 9.43. The standard InChI is InChI=1S/C29H40N4O3/c1-4-5-9-21-14-18-8-6-7-10-22(18)27(32-21)36-12-11-33(2,3)25-20-13-19-15-29(16-20,28(31)35)17-23(25)24(19)26(30)34/h6-8,10,14,19-20,23-25H,4-5,9,11-13,15-17H2,1-3H3,(H3-,30,31,34,35)/p+1. The van der Waals surface area contributed by atoms with Crippen LogP contribution in [0.1, 0.15) is 51.1 Å². The van der Waals surface area contributed by atoms with E-state index < -0.39 is 5.41 Å². The number of rotatable bonds is 10. The summed E-state index contributed by atoms with van der Waals surface area (Å²) in [4.78, 5) is 29.9. The van der Waals surface area contributed by atoms with Crippen molar-refractivity contribution < 1.29 is 18.8 Å². The molecule has 4 bridgehead atoms. The van der Waals surface area contributed by atoms with Crippen molar-refractivity contribution in [3.63, 3.8) is 0 Å². The molecule has 0 radical (unpaired) electrons. The second-order valence-electron chi connectivity index (χ2n) is 12.2. The molecule has 194 valence electrons. The van der Waals surface area contributed by atoms with Crippen molar-refractivity contribution in [3.8, 4) is 5.88 Å². The Bertz CT molecular complexity index is 1160. The molecule has 4 aliphatic rings. The van der Waals surface area contributed by atoms with Crippen molar-refractivity contribution >= 4 is 22.6 Å². The molecule has 1 heterocycles. The molecular weight excluding hydrogens is 452 g/mol. The predicted molar refractivity (Wildman–Crippen MR) is 140 cm³/mol. The molecule has 7 nitrogen and oxygen atoms in total. The summed E-state index contributed by atoms with van der Waals surface area (Å²) in [6, 6.07) is 10.7. The normalized spacial score (nSPS) is 31.0. The number of aromatic nitrogens is 1. The van der Waals surface area contributed by atoms with E-state index in [2.05, 4.69) is 45.3 Å². The molecule has 2 amide bonds. The maximum atomic E-state index is 12.5.